The van der Waals surface area contributed by atoms with E-state index in [1.807, 2.05) is 32.9 Å². The Morgan fingerprint density at radius 3 is 2.47 bits per heavy atom. The molecule has 0 spiro atoms. The van der Waals surface area contributed by atoms with Crippen molar-refractivity contribution in [2.24, 2.45) is 14.1 Å². The lowest BCUT2D eigenvalue weighted by molar-refractivity contribution is 0.528. The molecule has 0 unspecified atom stereocenters. The normalized spacial score (nSPS) is 11.9. The summed E-state index contributed by atoms with van der Waals surface area (Å²) < 4.78 is 8.18. The molecule has 166 valence electrons. The van der Waals surface area contributed by atoms with Gasteiger partial charge in [0, 0.05) is 19.5 Å². The second-order valence-electron chi connectivity index (χ2n) is 8.28. The molecule has 4 aromatic rings. The number of thioether (sulfide) groups is 1. The number of aromatic nitrogens is 6. The highest BCUT2D eigenvalue weighted by Gasteiger charge is 2.24. The van der Waals surface area contributed by atoms with E-state index in [2.05, 4.69) is 20.2 Å². The molecule has 3 heterocycles. The first-order valence-electron chi connectivity index (χ1n) is 9.76. The molecule has 0 atom stereocenters. The summed E-state index contributed by atoms with van der Waals surface area (Å²) in [4.78, 5) is 34.5. The first-order valence-corrected chi connectivity index (χ1v) is 11.1. The average Bonchev–Trinajstić information content (AvgIpc) is 3.22. The van der Waals surface area contributed by atoms with Crippen LogP contribution in [0.25, 0.3) is 22.5 Å². The SMILES string of the molecule is Cn1c(=O)c2c(SCc3nnc(-c4ccccc4Cl)o3)nc(C(C)(C)C)nc2n(C)c1=O. The Hall–Kier alpha value is -2.98. The second kappa shape index (κ2) is 8.18. The molecule has 0 aliphatic carbocycles. The van der Waals surface area contributed by atoms with Crippen molar-refractivity contribution in [3.05, 3.63) is 61.8 Å². The molecule has 0 fully saturated rings. The van der Waals surface area contributed by atoms with E-state index >= 15 is 0 Å². The summed E-state index contributed by atoms with van der Waals surface area (Å²) in [6, 6.07) is 7.20. The van der Waals surface area contributed by atoms with Crippen molar-refractivity contribution in [1.82, 2.24) is 29.3 Å². The van der Waals surface area contributed by atoms with E-state index in [0.29, 0.717) is 38.9 Å². The number of halogens is 1. The van der Waals surface area contributed by atoms with E-state index in [4.69, 9.17) is 16.0 Å². The first-order chi connectivity index (χ1) is 15.1. The quantitative estimate of drug-likeness (QED) is 0.328. The molecule has 0 saturated carbocycles. The third-order valence-corrected chi connectivity index (χ3v) is 6.13. The Labute approximate surface area is 192 Å². The molecule has 1 aromatic carbocycles. The molecule has 3 aromatic heterocycles. The van der Waals surface area contributed by atoms with Crippen molar-refractivity contribution < 1.29 is 4.42 Å². The van der Waals surface area contributed by atoms with Crippen LogP contribution in [0.4, 0.5) is 0 Å². The minimum absolute atomic E-state index is 0.276. The number of benzene rings is 1. The number of aryl methyl sites for hydroxylation is 1. The molecule has 0 aliphatic heterocycles. The molecule has 0 N–H and O–H groups in total. The smallest absolute Gasteiger partial charge is 0.332 e. The largest absolute Gasteiger partial charge is 0.420 e. The van der Waals surface area contributed by atoms with Crippen LogP contribution in [0.5, 0.6) is 0 Å². The van der Waals surface area contributed by atoms with Crippen molar-refractivity contribution in [2.75, 3.05) is 0 Å². The van der Waals surface area contributed by atoms with Gasteiger partial charge in [0.2, 0.25) is 11.8 Å². The number of rotatable bonds is 4. The molecule has 9 nitrogen and oxygen atoms in total. The summed E-state index contributed by atoms with van der Waals surface area (Å²) in [5, 5.41) is 9.41. The van der Waals surface area contributed by atoms with E-state index in [0.717, 1.165) is 4.57 Å². The highest BCUT2D eigenvalue weighted by molar-refractivity contribution is 7.98. The minimum Gasteiger partial charge on any atom is -0.420 e. The maximum Gasteiger partial charge on any atom is 0.332 e. The summed E-state index contributed by atoms with van der Waals surface area (Å²) in [6.07, 6.45) is 0. The van der Waals surface area contributed by atoms with Gasteiger partial charge in [-0.15, -0.1) is 10.2 Å². The number of hydrogen-bond donors (Lipinski definition) is 0. The standard InChI is InChI=1S/C21H21ClN6O3S/c1-21(2,3)19-23-15-14(18(29)28(5)20(30)27(15)4)17(24-19)32-10-13-25-26-16(31-13)11-8-6-7-9-12(11)22/h6-9H,10H2,1-5H3. The zero-order valence-corrected chi connectivity index (χ0v) is 19.8. The Balaban J connectivity index is 1.77. The Bertz CT molecular complexity index is 1450. The van der Waals surface area contributed by atoms with Gasteiger partial charge in [-0.1, -0.05) is 56.3 Å². The molecular formula is C21H21ClN6O3S. The minimum atomic E-state index is -0.451. The summed E-state index contributed by atoms with van der Waals surface area (Å²) in [5.74, 6) is 1.47. The van der Waals surface area contributed by atoms with Gasteiger partial charge in [-0.05, 0) is 12.1 Å². The molecular weight excluding hydrogens is 452 g/mol. The van der Waals surface area contributed by atoms with Crippen LogP contribution in [0.3, 0.4) is 0 Å². The fourth-order valence-electron chi connectivity index (χ4n) is 3.05. The Morgan fingerprint density at radius 2 is 1.78 bits per heavy atom. The molecule has 0 amide bonds. The van der Waals surface area contributed by atoms with Crippen LogP contribution >= 0.6 is 23.4 Å². The molecule has 0 radical (unpaired) electrons. The molecule has 0 aliphatic rings. The molecule has 4 rings (SSSR count). The fraction of sp³-hybridized carbons (Fsp3) is 0.333. The highest BCUT2D eigenvalue weighted by atomic mass is 35.5. The predicted octanol–water partition coefficient (Wildman–Crippen LogP) is 3.32. The summed E-state index contributed by atoms with van der Waals surface area (Å²) in [7, 11) is 3.02. The lowest BCUT2D eigenvalue weighted by Gasteiger charge is -2.19. The van der Waals surface area contributed by atoms with Gasteiger partial charge in [-0.25, -0.2) is 14.8 Å². The molecule has 11 heteroatoms. The van der Waals surface area contributed by atoms with E-state index in [1.165, 1.54) is 23.4 Å². The van der Waals surface area contributed by atoms with E-state index in [-0.39, 0.29) is 16.6 Å². The number of fused-ring (bicyclic) bond motifs is 1. The average molecular weight is 473 g/mol. The Kier molecular flexibility index (Phi) is 5.68. The van der Waals surface area contributed by atoms with Crippen LogP contribution in [0.2, 0.25) is 5.02 Å². The monoisotopic (exact) mass is 472 g/mol. The van der Waals surface area contributed by atoms with Crippen molar-refractivity contribution in [3.8, 4) is 11.5 Å². The van der Waals surface area contributed by atoms with Crippen LogP contribution in [-0.4, -0.2) is 29.3 Å². The molecule has 0 bridgehead atoms. The van der Waals surface area contributed by atoms with Crippen molar-refractivity contribution >= 4 is 34.4 Å². The van der Waals surface area contributed by atoms with Gasteiger partial charge in [0.25, 0.3) is 5.56 Å². The second-order valence-corrected chi connectivity index (χ2v) is 9.65. The van der Waals surface area contributed by atoms with Crippen molar-refractivity contribution in [3.63, 3.8) is 0 Å². The van der Waals surface area contributed by atoms with E-state index in [9.17, 15) is 9.59 Å². The van der Waals surface area contributed by atoms with Gasteiger partial charge in [0.05, 0.1) is 16.3 Å². The van der Waals surface area contributed by atoms with Crippen LogP contribution in [0.15, 0.2) is 43.3 Å². The van der Waals surface area contributed by atoms with E-state index in [1.54, 1.807) is 19.2 Å². The summed E-state index contributed by atoms with van der Waals surface area (Å²) >= 11 is 7.49. The van der Waals surface area contributed by atoms with Crippen LogP contribution in [0, 0.1) is 0 Å². The molecule has 32 heavy (non-hydrogen) atoms. The van der Waals surface area contributed by atoms with Gasteiger partial charge in [-0.2, -0.15) is 0 Å². The topological polar surface area (TPSA) is 109 Å². The highest BCUT2D eigenvalue weighted by Crippen LogP contribution is 2.31. The number of hydrogen-bond acceptors (Lipinski definition) is 8. The van der Waals surface area contributed by atoms with Crippen molar-refractivity contribution in [2.45, 2.75) is 37.0 Å². The Morgan fingerprint density at radius 1 is 1.06 bits per heavy atom. The van der Waals surface area contributed by atoms with Gasteiger partial charge < -0.3 is 4.42 Å². The zero-order chi connectivity index (χ0) is 23.2. The van der Waals surface area contributed by atoms with Crippen LogP contribution < -0.4 is 11.2 Å². The van der Waals surface area contributed by atoms with Crippen molar-refractivity contribution in [1.29, 1.82) is 0 Å². The summed E-state index contributed by atoms with van der Waals surface area (Å²) in [5.41, 5.74) is -0.346. The van der Waals surface area contributed by atoms with Crippen LogP contribution in [-0.2, 0) is 25.3 Å². The summed E-state index contributed by atoms with van der Waals surface area (Å²) in [6.45, 7) is 5.90. The third-order valence-electron chi connectivity index (χ3n) is 4.84. The maximum absolute atomic E-state index is 12.9. The van der Waals surface area contributed by atoms with Gasteiger partial charge >= 0.3 is 5.69 Å². The van der Waals surface area contributed by atoms with Crippen LogP contribution in [0.1, 0.15) is 32.5 Å². The number of nitrogens with zero attached hydrogens (tertiary/aromatic N) is 6. The van der Waals surface area contributed by atoms with Gasteiger partial charge in [-0.3, -0.25) is 13.9 Å². The van der Waals surface area contributed by atoms with Gasteiger partial charge in [0.15, 0.2) is 5.65 Å². The van der Waals surface area contributed by atoms with Gasteiger partial charge in [0.1, 0.15) is 16.2 Å². The fourth-order valence-corrected chi connectivity index (χ4v) is 4.12. The molecule has 0 saturated heterocycles. The third kappa shape index (κ3) is 3.95. The first kappa shape index (κ1) is 22.2. The lowest BCUT2D eigenvalue weighted by atomic mass is 9.96. The predicted molar refractivity (Wildman–Crippen MR) is 123 cm³/mol. The van der Waals surface area contributed by atoms with E-state index < -0.39 is 11.2 Å². The maximum atomic E-state index is 12.9. The lowest BCUT2D eigenvalue weighted by Crippen LogP contribution is -2.38. The zero-order valence-electron chi connectivity index (χ0n) is 18.2.